The van der Waals surface area contributed by atoms with Gasteiger partial charge in [0.2, 0.25) is 5.95 Å². The van der Waals surface area contributed by atoms with E-state index in [1.54, 1.807) is 6.07 Å². The van der Waals surface area contributed by atoms with Gasteiger partial charge in [-0.3, -0.25) is 0 Å². The molecule has 3 rings (SSSR count). The Kier molecular flexibility index (Phi) is 6.01. The summed E-state index contributed by atoms with van der Waals surface area (Å²) >= 11 is 3.46. The second-order valence-electron chi connectivity index (χ2n) is 6.56. The molecule has 3 nitrogen and oxygen atoms in total. The summed E-state index contributed by atoms with van der Waals surface area (Å²) in [6, 6.07) is 17.8. The van der Waals surface area contributed by atoms with E-state index in [-0.39, 0.29) is 17.2 Å². The summed E-state index contributed by atoms with van der Waals surface area (Å²) in [5, 5.41) is 13.1. The molecule has 27 heavy (non-hydrogen) atoms. The Hall–Kier alpha value is -2.53. The lowest BCUT2D eigenvalue weighted by molar-refractivity contribution is 0.317. The number of hydrogen-bond acceptors (Lipinski definition) is 3. The molecule has 0 bridgehead atoms. The zero-order valence-corrected chi connectivity index (χ0v) is 16.7. The summed E-state index contributed by atoms with van der Waals surface area (Å²) in [6.07, 6.45) is 1.81. The SMILES string of the molecule is Cc1cnc(F)c(C(CC(c2ccc(Br)cc2)c2ccccc2C)=NO)c1. The molecule has 1 unspecified atom stereocenters. The van der Waals surface area contributed by atoms with E-state index in [4.69, 9.17) is 0 Å². The first-order valence-corrected chi connectivity index (χ1v) is 9.43. The highest BCUT2D eigenvalue weighted by molar-refractivity contribution is 9.10. The maximum atomic E-state index is 14.3. The fourth-order valence-electron chi connectivity index (χ4n) is 3.23. The summed E-state index contributed by atoms with van der Waals surface area (Å²) in [7, 11) is 0. The van der Waals surface area contributed by atoms with Gasteiger partial charge < -0.3 is 5.21 Å². The monoisotopic (exact) mass is 426 g/mol. The minimum Gasteiger partial charge on any atom is -0.411 e. The first-order valence-electron chi connectivity index (χ1n) is 8.64. The summed E-state index contributed by atoms with van der Waals surface area (Å²) < 4.78 is 15.3. The molecule has 0 fully saturated rings. The van der Waals surface area contributed by atoms with Crippen molar-refractivity contribution in [3.63, 3.8) is 0 Å². The Morgan fingerprint density at radius 2 is 1.85 bits per heavy atom. The highest BCUT2D eigenvalue weighted by Crippen LogP contribution is 2.32. The van der Waals surface area contributed by atoms with Gasteiger partial charge in [0.1, 0.15) is 0 Å². The van der Waals surface area contributed by atoms with E-state index in [2.05, 4.69) is 32.1 Å². The molecule has 0 aliphatic heterocycles. The molecule has 3 aromatic rings. The van der Waals surface area contributed by atoms with Gasteiger partial charge in [-0.1, -0.05) is 57.5 Å². The van der Waals surface area contributed by atoms with Crippen LogP contribution in [-0.4, -0.2) is 15.9 Å². The van der Waals surface area contributed by atoms with Crippen LogP contribution >= 0.6 is 15.9 Å². The van der Waals surface area contributed by atoms with Crippen LogP contribution in [0.1, 0.15) is 40.2 Å². The number of oxime groups is 1. The van der Waals surface area contributed by atoms with E-state index < -0.39 is 5.95 Å². The van der Waals surface area contributed by atoms with Gasteiger partial charge in [-0.05, 0) is 54.3 Å². The van der Waals surface area contributed by atoms with Gasteiger partial charge in [0.05, 0.1) is 11.3 Å². The van der Waals surface area contributed by atoms with Gasteiger partial charge in [-0.15, -0.1) is 0 Å². The molecule has 2 aromatic carbocycles. The number of nitrogens with zero attached hydrogens (tertiary/aromatic N) is 2. The topological polar surface area (TPSA) is 45.5 Å². The van der Waals surface area contributed by atoms with Crippen LogP contribution in [0.4, 0.5) is 4.39 Å². The number of rotatable bonds is 5. The van der Waals surface area contributed by atoms with Crippen molar-refractivity contribution in [1.29, 1.82) is 0 Å². The Labute approximate surface area is 166 Å². The van der Waals surface area contributed by atoms with E-state index in [1.165, 1.54) is 6.20 Å². The van der Waals surface area contributed by atoms with Gasteiger partial charge in [0, 0.05) is 23.0 Å². The predicted molar refractivity (Wildman–Crippen MR) is 109 cm³/mol. The number of pyridine rings is 1. The summed E-state index contributed by atoms with van der Waals surface area (Å²) in [4.78, 5) is 3.76. The largest absolute Gasteiger partial charge is 0.411 e. The smallest absolute Gasteiger partial charge is 0.222 e. The number of hydrogen-bond donors (Lipinski definition) is 1. The minimum absolute atomic E-state index is 0.0786. The maximum absolute atomic E-state index is 14.3. The van der Waals surface area contributed by atoms with E-state index in [1.807, 2.05) is 56.3 Å². The quantitative estimate of drug-likeness (QED) is 0.235. The van der Waals surface area contributed by atoms with E-state index >= 15 is 0 Å². The van der Waals surface area contributed by atoms with Crippen molar-refractivity contribution in [2.24, 2.45) is 5.16 Å². The average Bonchev–Trinajstić information content (AvgIpc) is 2.67. The molecule has 0 spiro atoms. The average molecular weight is 427 g/mol. The third-order valence-corrected chi connectivity index (χ3v) is 5.17. The molecule has 1 N–H and O–H groups in total. The second kappa shape index (κ2) is 8.44. The van der Waals surface area contributed by atoms with Gasteiger partial charge >= 0.3 is 0 Å². The summed E-state index contributed by atoms with van der Waals surface area (Å²) in [5.41, 5.74) is 4.62. The van der Waals surface area contributed by atoms with E-state index in [0.717, 1.165) is 26.7 Å². The van der Waals surface area contributed by atoms with Gasteiger partial charge in [-0.2, -0.15) is 4.39 Å². The highest BCUT2D eigenvalue weighted by Gasteiger charge is 2.22. The van der Waals surface area contributed by atoms with Crippen LogP contribution in [0.5, 0.6) is 0 Å². The summed E-state index contributed by atoms with van der Waals surface area (Å²) in [5.74, 6) is -0.710. The van der Waals surface area contributed by atoms with Crippen LogP contribution < -0.4 is 0 Å². The van der Waals surface area contributed by atoms with Crippen LogP contribution in [0.15, 0.2) is 70.4 Å². The van der Waals surface area contributed by atoms with Crippen molar-refractivity contribution in [2.75, 3.05) is 0 Å². The molecule has 1 heterocycles. The molecule has 0 aliphatic carbocycles. The Morgan fingerprint density at radius 3 is 2.52 bits per heavy atom. The van der Waals surface area contributed by atoms with Crippen molar-refractivity contribution in [3.8, 4) is 0 Å². The van der Waals surface area contributed by atoms with Crippen molar-refractivity contribution < 1.29 is 9.60 Å². The lowest BCUT2D eigenvalue weighted by atomic mass is 9.83. The zero-order valence-electron chi connectivity index (χ0n) is 15.2. The second-order valence-corrected chi connectivity index (χ2v) is 7.48. The number of halogens is 2. The number of aromatic nitrogens is 1. The molecule has 1 aromatic heterocycles. The van der Waals surface area contributed by atoms with Gasteiger partial charge in [-0.25, -0.2) is 4.98 Å². The molecule has 0 saturated carbocycles. The van der Waals surface area contributed by atoms with Crippen molar-refractivity contribution in [3.05, 3.63) is 99.0 Å². The van der Waals surface area contributed by atoms with Crippen LogP contribution in [0.25, 0.3) is 0 Å². The lowest BCUT2D eigenvalue weighted by Gasteiger charge is -2.21. The lowest BCUT2D eigenvalue weighted by Crippen LogP contribution is -2.13. The predicted octanol–water partition coefficient (Wildman–Crippen LogP) is 6.00. The first-order chi connectivity index (χ1) is 13.0. The maximum Gasteiger partial charge on any atom is 0.222 e. The van der Waals surface area contributed by atoms with E-state index in [9.17, 15) is 9.60 Å². The molecular formula is C22H20BrFN2O. The number of aryl methyl sites for hydroxylation is 2. The molecule has 0 radical (unpaired) electrons. The molecule has 138 valence electrons. The Balaban J connectivity index is 2.06. The third kappa shape index (κ3) is 4.42. The minimum atomic E-state index is -0.632. The van der Waals surface area contributed by atoms with Crippen molar-refractivity contribution in [1.82, 2.24) is 4.98 Å². The van der Waals surface area contributed by atoms with Crippen LogP contribution in [0.3, 0.4) is 0 Å². The van der Waals surface area contributed by atoms with Crippen LogP contribution in [-0.2, 0) is 0 Å². The van der Waals surface area contributed by atoms with Crippen LogP contribution in [0.2, 0.25) is 0 Å². The molecule has 0 amide bonds. The number of benzene rings is 2. The molecule has 0 saturated heterocycles. The Bertz CT molecular complexity index is 970. The normalized spacial score (nSPS) is 12.8. The zero-order chi connectivity index (χ0) is 19.4. The van der Waals surface area contributed by atoms with Crippen LogP contribution in [0, 0.1) is 19.8 Å². The fourth-order valence-corrected chi connectivity index (χ4v) is 3.50. The highest BCUT2D eigenvalue weighted by atomic mass is 79.9. The standard InChI is InChI=1S/C22H20BrFN2O/c1-14-11-20(22(24)25-13-14)21(26-27)12-19(16-7-9-17(23)10-8-16)18-6-4-3-5-15(18)2/h3-11,13,19,27H,12H2,1-2H3. The summed E-state index contributed by atoms with van der Waals surface area (Å²) in [6.45, 7) is 3.88. The first kappa shape index (κ1) is 19.2. The fraction of sp³-hybridized carbons (Fsp3) is 0.182. The molecule has 1 atom stereocenters. The third-order valence-electron chi connectivity index (χ3n) is 4.64. The molecule has 0 aliphatic rings. The van der Waals surface area contributed by atoms with Crippen molar-refractivity contribution >= 4 is 21.6 Å². The van der Waals surface area contributed by atoms with Gasteiger partial charge in [0.25, 0.3) is 0 Å². The van der Waals surface area contributed by atoms with Gasteiger partial charge in [0.15, 0.2) is 0 Å². The van der Waals surface area contributed by atoms with E-state index in [0.29, 0.717) is 6.42 Å². The molecule has 5 heteroatoms. The Morgan fingerprint density at radius 1 is 1.15 bits per heavy atom. The van der Waals surface area contributed by atoms with Crippen molar-refractivity contribution in [2.45, 2.75) is 26.2 Å². The molecular weight excluding hydrogens is 407 g/mol.